The molecule has 0 spiro atoms. The minimum atomic E-state index is -4.95. The van der Waals surface area contributed by atoms with Gasteiger partial charge in [0.1, 0.15) is 66.8 Å². The van der Waals surface area contributed by atoms with Gasteiger partial charge in [0, 0.05) is 134 Å². The van der Waals surface area contributed by atoms with Gasteiger partial charge in [-0.05, 0) is 261 Å². The van der Waals surface area contributed by atoms with Crippen molar-refractivity contribution in [2.24, 2.45) is 28.1 Å². The summed E-state index contributed by atoms with van der Waals surface area (Å²) in [7, 11) is -28.2. The number of carbonyl (C=O) groups is 11. The van der Waals surface area contributed by atoms with Gasteiger partial charge in [-0.15, -0.1) is 0 Å². The summed E-state index contributed by atoms with van der Waals surface area (Å²) in [4.78, 5) is 162. The number of benzene rings is 3. The van der Waals surface area contributed by atoms with E-state index in [0.29, 0.717) is 147 Å². The molecule has 756 valence electrons. The number of allylic oxidation sites excluding steroid dienone is 7. The van der Waals surface area contributed by atoms with Crippen LogP contribution in [-0.2, 0) is 113 Å². The maximum Gasteiger partial charge on any atom is 1.00 e. The van der Waals surface area contributed by atoms with Crippen LogP contribution < -0.4 is 154 Å². The maximum absolute atomic E-state index is 14.5. The van der Waals surface area contributed by atoms with Crippen molar-refractivity contribution in [3.8, 4) is 5.75 Å². The van der Waals surface area contributed by atoms with Gasteiger partial charge in [0.2, 0.25) is 44.1 Å². The smallest absolute Gasteiger partial charge is 0.748 e. The van der Waals surface area contributed by atoms with E-state index >= 15 is 0 Å². The Kier molecular flexibility index (Phi) is 47.2. The third kappa shape index (κ3) is 36.1. The number of nitrogens with one attached hydrogen (secondary N) is 4. The van der Waals surface area contributed by atoms with Crippen LogP contribution in [0.1, 0.15) is 238 Å². The number of hydrogen-bond acceptors (Lipinski definition) is 28. The number of nitrogens with zero attached hydrogens (tertiary/aromatic N) is 2. The zero-order valence-electron chi connectivity index (χ0n) is 80.6. The van der Waals surface area contributed by atoms with E-state index in [1.807, 2.05) is 49.3 Å². The molecule has 2 heterocycles. The summed E-state index contributed by atoms with van der Waals surface area (Å²) in [5.41, 5.74) is -0.824. The van der Waals surface area contributed by atoms with Gasteiger partial charge in [0.25, 0.3) is 0 Å². The number of aldehydes is 1. The molecule has 4 amide bonds. The molecular weight excluding hydrogens is 2000 g/mol. The Hall–Kier alpha value is -5.72. The molecule has 11 N–H and O–H groups in total. The summed E-state index contributed by atoms with van der Waals surface area (Å²) in [5, 5.41) is 71.0. The van der Waals surface area contributed by atoms with Crippen LogP contribution in [-0.4, -0.2) is 231 Å². The van der Waals surface area contributed by atoms with E-state index in [-0.39, 0.29) is 220 Å². The number of carbonyl (C=O) groups excluding carboxylic acids is 6. The average molecular weight is 2120 g/mol. The average Bonchev–Trinajstić information content (AvgIpc) is 1.32. The van der Waals surface area contributed by atoms with E-state index in [4.69, 9.17) is 9.84 Å². The van der Waals surface area contributed by atoms with E-state index in [0.717, 1.165) is 18.4 Å². The molecule has 10 atom stereocenters. The molecule has 7 aliphatic rings. The van der Waals surface area contributed by atoms with Gasteiger partial charge < -0.3 is 99.1 Å². The van der Waals surface area contributed by atoms with E-state index in [1.54, 1.807) is 18.2 Å². The van der Waals surface area contributed by atoms with Crippen molar-refractivity contribution in [1.82, 2.24) is 21.3 Å². The third-order valence-corrected chi connectivity index (χ3v) is 34.2. The largest absolute Gasteiger partial charge is 1.00 e. The molecule has 40 nitrogen and oxygen atoms in total. The Bertz CT molecular complexity index is 5780. The molecule has 4 fully saturated rings. The molecule has 10 rings (SSSR count). The summed E-state index contributed by atoms with van der Waals surface area (Å²) in [6.45, 7) is 8.08. The normalized spacial score (nSPS) is 21.7. The van der Waals surface area contributed by atoms with Crippen molar-refractivity contribution in [3.63, 3.8) is 0 Å². The Morgan fingerprint density at radius 3 is 1.52 bits per heavy atom. The standard InChI is InChI=1S/C91H124N6O34P2S4.4Na/c1-86(2)67-49-65(136(125,126)127)27-29-71(67)96(73(86)31-19-59-15-13-16-60(81(59)131-63-23-25-64(26-24-63)135(122,123)124)20-32-74-87(3,4)68-50-66(137(128,129)130)28-30-72(68)97(74)44-11-12-48-134(119,120)121)43-10-6-8-17-75(99)92-42-9-5-7-18-78(102)95-91-56-88(39-14-45-98)53-89(57-91,40-35-76(100)93-69(84(111)112)37-46-132(115,116)51-61(82(107)108)21-33-79(103)104)55-90(54-88,58-91)41-36-77(101)94-70(85(113)114)38-47-133(117,118)52-62(83(109)110)22-34-80(105)106;;;;/h19-20,23-32,45,49-50,61-62,69-70H,5-18,21-22,33-44,46-48,51-58H2,1-4H3,(H15-,92,93,94,95,99,100,101,102,103,104,105,106,107,108,109,110,111,112,113,114,115,116,117,118,119,120,121,122,123,124,125,126,127,128,129,130);;;;/q;4*+1/p-4/t61?,62?,69-,70-,88?,89?,90?,91?;;;;/m0..../s1. The van der Waals surface area contributed by atoms with Gasteiger partial charge in [-0.25, -0.2) is 43.3 Å². The number of hydrogen-bond donors (Lipinski definition) is 11. The molecule has 2 aliphatic heterocycles. The Labute approximate surface area is 909 Å². The summed E-state index contributed by atoms with van der Waals surface area (Å²) in [5.74, 6) is -14.8. The molecule has 5 aliphatic carbocycles. The summed E-state index contributed by atoms with van der Waals surface area (Å²) < 4.78 is 181. The predicted molar refractivity (Wildman–Crippen MR) is 487 cm³/mol. The van der Waals surface area contributed by atoms with Gasteiger partial charge in [-0.3, -0.25) is 42.7 Å². The number of amides is 4. The molecule has 0 saturated heterocycles. The Morgan fingerprint density at radius 2 is 1.03 bits per heavy atom. The quantitative estimate of drug-likeness (QED) is 0.00641. The number of rotatable bonds is 57. The van der Waals surface area contributed by atoms with Gasteiger partial charge in [0.05, 0.1) is 42.1 Å². The van der Waals surface area contributed by atoms with Crippen LogP contribution in [0.5, 0.6) is 5.75 Å². The molecule has 4 bridgehead atoms. The van der Waals surface area contributed by atoms with Crippen LogP contribution in [0.25, 0.3) is 0 Å². The summed E-state index contributed by atoms with van der Waals surface area (Å²) in [6.07, 6.45) is 7.24. The van der Waals surface area contributed by atoms with Crippen molar-refractivity contribution in [2.75, 3.05) is 54.9 Å². The first kappa shape index (κ1) is 126. The van der Waals surface area contributed by atoms with Crippen LogP contribution in [0, 0.1) is 28.1 Å². The zero-order chi connectivity index (χ0) is 101. The van der Waals surface area contributed by atoms with Crippen LogP contribution >= 0.6 is 14.7 Å². The Morgan fingerprint density at radius 1 is 0.532 bits per heavy atom. The third-order valence-electron chi connectivity index (χ3n) is 27.0. The first-order chi connectivity index (χ1) is 63.7. The molecule has 4 saturated carbocycles. The number of unbranched alkanes of at least 4 members (excludes halogenated alkanes) is 5. The number of fused-ring (bicyclic) bond motifs is 2. The molecule has 141 heavy (non-hydrogen) atoms. The predicted octanol–water partition coefficient (Wildman–Crippen LogP) is -3.97. The van der Waals surface area contributed by atoms with Gasteiger partial charge >= 0.3 is 148 Å². The number of anilines is 1. The van der Waals surface area contributed by atoms with E-state index in [9.17, 15) is 149 Å². The molecule has 0 radical (unpaired) electrons. The molecule has 50 heteroatoms. The minimum absolute atomic E-state index is 0. The van der Waals surface area contributed by atoms with Crippen LogP contribution in [0.4, 0.5) is 11.4 Å². The second-order valence-electron chi connectivity index (χ2n) is 38.5. The summed E-state index contributed by atoms with van der Waals surface area (Å²) in [6, 6.07) is 9.37. The second-order valence-corrected chi connectivity index (χ2v) is 49.1. The topological polar surface area (TPSA) is 679 Å². The van der Waals surface area contributed by atoms with Crippen molar-refractivity contribution in [3.05, 3.63) is 119 Å². The molecule has 3 aromatic carbocycles. The van der Waals surface area contributed by atoms with Crippen LogP contribution in [0.3, 0.4) is 0 Å². The van der Waals surface area contributed by atoms with E-state index in [2.05, 4.69) is 21.3 Å². The first-order valence-electron chi connectivity index (χ1n) is 45.4. The fraction of sp³-hybridized carbons (Fsp3) is 0.582. The molecular formula is C91H120N6Na4O34P2S4. The van der Waals surface area contributed by atoms with Crippen molar-refractivity contribution < 1.29 is 282 Å². The fourth-order valence-corrected chi connectivity index (χ4v) is 27.0. The fourth-order valence-electron chi connectivity index (χ4n) is 21.2. The van der Waals surface area contributed by atoms with Crippen molar-refractivity contribution >= 4 is 138 Å². The first-order valence-corrected chi connectivity index (χ1v) is 55.3. The van der Waals surface area contributed by atoms with Crippen LogP contribution in [0.15, 0.2) is 122 Å². The summed E-state index contributed by atoms with van der Waals surface area (Å²) >= 11 is 0. The molecule has 3 aromatic rings. The van der Waals surface area contributed by atoms with E-state index in [1.165, 1.54) is 42.5 Å². The van der Waals surface area contributed by atoms with Crippen molar-refractivity contribution in [1.29, 1.82) is 0 Å². The van der Waals surface area contributed by atoms with Gasteiger partial charge in [0.15, 0.2) is 5.71 Å². The maximum atomic E-state index is 14.5. The number of aliphatic carboxylic acids is 6. The zero-order valence-corrected chi connectivity index (χ0v) is 93.7. The van der Waals surface area contributed by atoms with Crippen molar-refractivity contribution in [2.45, 2.75) is 270 Å². The molecule has 0 aromatic heterocycles. The van der Waals surface area contributed by atoms with Gasteiger partial charge in [-0.1, -0.05) is 26.3 Å². The van der Waals surface area contributed by atoms with E-state index < -0.39 is 243 Å². The minimum Gasteiger partial charge on any atom is -0.748 e. The number of ether oxygens (including phenoxy) is 1. The van der Waals surface area contributed by atoms with Crippen LogP contribution in [0.2, 0.25) is 0 Å². The number of carboxylic acid groups (broad SMARTS) is 6. The SMILES string of the molecule is CC1(C)C(/C=C/C2=C(Oc3ccc(S(=O)(=O)[O-])cc3)C(=C/C=C3/N(CCCCS(=O)(=O)[O-])c4ccc(S(=O)(=O)[O-])cc4C3(C)C)/CCC2)=[N+](CCCCCC(=O)NCCCCCC(=O)NC23CC4(CCC=O)CC(CCC(=O)N[C@@H](CCP(=O)(O)CC(CCC(=O)[O-])C(=O)O)C(=O)O)(CC(CCC(=O)N[C@@H](CCP(=O)(O)CC(CCC(=O)O)C(=O)O)C(=O)O)(C4)C2)C3)c2ccc(S(=O)(=O)[O-])cc21.[Na+].[Na+].[Na+].[Na+]. The molecule has 8 unspecified atom stereocenters. The Balaban J connectivity index is 0.00000876. The monoisotopic (exact) mass is 2120 g/mol. The second kappa shape index (κ2) is 52.9. The van der Waals surface area contributed by atoms with Gasteiger partial charge in [-0.2, -0.15) is 4.58 Å². The number of carboxylic acids is 6.